The Kier molecular flexibility index (Phi) is 8.84. The van der Waals surface area contributed by atoms with Crippen molar-refractivity contribution in [2.24, 2.45) is 0 Å². The van der Waals surface area contributed by atoms with Gasteiger partial charge in [0, 0.05) is 22.1 Å². The summed E-state index contributed by atoms with van der Waals surface area (Å²) in [4.78, 5) is 4.45. The SMILES string of the molecule is Fc1ccc(Oc2ccccc2N(c2ccccc2)c2ccc3ccc4c(N(c5ccccc5)c5ccccc5Oc5ccc(F)cc5)ccc5ccc2c3c54)cc1. The van der Waals surface area contributed by atoms with Gasteiger partial charge < -0.3 is 19.3 Å². The molecular weight excluding hydrogens is 723 g/mol. The molecule has 10 aromatic carbocycles. The lowest BCUT2D eigenvalue weighted by molar-refractivity contribution is 0.481. The molecule has 0 heterocycles. The molecule has 0 aliphatic heterocycles. The van der Waals surface area contributed by atoms with E-state index in [1.807, 2.05) is 84.9 Å². The number of nitrogens with zero attached hydrogens (tertiary/aromatic N) is 2. The number of para-hydroxylation sites is 6. The van der Waals surface area contributed by atoms with Crippen LogP contribution in [0.4, 0.5) is 42.9 Å². The van der Waals surface area contributed by atoms with Crippen LogP contribution in [0, 0.1) is 11.6 Å². The van der Waals surface area contributed by atoms with Gasteiger partial charge in [0.15, 0.2) is 11.5 Å². The molecule has 0 bridgehead atoms. The molecule has 0 aliphatic rings. The predicted molar refractivity (Wildman–Crippen MR) is 232 cm³/mol. The molecule has 0 amide bonds. The van der Waals surface area contributed by atoms with E-state index in [0.717, 1.165) is 66.4 Å². The second-order valence-corrected chi connectivity index (χ2v) is 14.0. The quantitative estimate of drug-likeness (QED) is 0.130. The molecule has 0 atom stereocenters. The van der Waals surface area contributed by atoms with Crippen molar-refractivity contribution < 1.29 is 18.3 Å². The highest BCUT2D eigenvalue weighted by atomic mass is 19.1. The van der Waals surface area contributed by atoms with Crippen molar-refractivity contribution in [2.75, 3.05) is 9.80 Å². The normalized spacial score (nSPS) is 11.3. The Hall–Kier alpha value is -7.70. The standard InChI is InChI=1S/C52H34F2N2O2/c53-37-23-27-41(28-24-37)57-49-17-9-7-15-47(49)55(39-11-3-1-4-12-39)45-33-21-35-20-32-44-46(34-22-36-19-31-43(45)51(35)52(36)44)56(40-13-5-2-6-14-40)48-16-8-10-18-50(48)58-42-29-25-38(54)26-30-42/h1-34H. The molecule has 0 N–H and O–H groups in total. The van der Waals surface area contributed by atoms with Crippen molar-refractivity contribution in [1.29, 1.82) is 0 Å². The van der Waals surface area contributed by atoms with Crippen molar-refractivity contribution in [3.8, 4) is 23.0 Å². The second-order valence-electron chi connectivity index (χ2n) is 14.0. The summed E-state index contributed by atoms with van der Waals surface area (Å²) < 4.78 is 40.6. The fourth-order valence-electron chi connectivity index (χ4n) is 7.85. The molecule has 0 unspecified atom stereocenters. The largest absolute Gasteiger partial charge is 0.455 e. The van der Waals surface area contributed by atoms with Gasteiger partial charge in [0.2, 0.25) is 0 Å². The smallest absolute Gasteiger partial charge is 0.151 e. The van der Waals surface area contributed by atoms with Crippen molar-refractivity contribution in [3.63, 3.8) is 0 Å². The number of ether oxygens (including phenoxy) is 2. The van der Waals surface area contributed by atoms with Crippen LogP contribution in [0.25, 0.3) is 32.3 Å². The molecule has 0 spiro atoms. The van der Waals surface area contributed by atoms with Gasteiger partial charge in [-0.2, -0.15) is 0 Å². The average Bonchev–Trinajstić information content (AvgIpc) is 3.27. The topological polar surface area (TPSA) is 24.9 Å². The number of benzene rings is 10. The van der Waals surface area contributed by atoms with Crippen LogP contribution in [0.15, 0.2) is 206 Å². The van der Waals surface area contributed by atoms with Gasteiger partial charge in [-0.3, -0.25) is 0 Å². The summed E-state index contributed by atoms with van der Waals surface area (Å²) in [5, 5.41) is 6.64. The summed E-state index contributed by atoms with van der Waals surface area (Å²) >= 11 is 0. The van der Waals surface area contributed by atoms with Gasteiger partial charge in [-0.05, 0) is 131 Å². The number of rotatable bonds is 10. The lowest BCUT2D eigenvalue weighted by atomic mass is 9.91. The fourth-order valence-corrected chi connectivity index (χ4v) is 7.85. The Labute approximate surface area is 334 Å². The highest BCUT2D eigenvalue weighted by Crippen LogP contribution is 2.50. The van der Waals surface area contributed by atoms with E-state index >= 15 is 0 Å². The first kappa shape index (κ1) is 34.8. The number of hydrogen-bond acceptors (Lipinski definition) is 4. The molecule has 4 nitrogen and oxygen atoms in total. The lowest BCUT2D eigenvalue weighted by Gasteiger charge is -2.30. The first-order valence-corrected chi connectivity index (χ1v) is 19.0. The van der Waals surface area contributed by atoms with Gasteiger partial charge in [0.25, 0.3) is 0 Å². The first-order valence-electron chi connectivity index (χ1n) is 19.0. The zero-order chi connectivity index (χ0) is 39.0. The molecule has 10 rings (SSSR count). The summed E-state index contributed by atoms with van der Waals surface area (Å²) in [7, 11) is 0. The maximum Gasteiger partial charge on any atom is 0.151 e. The maximum atomic E-state index is 13.9. The Morgan fingerprint density at radius 2 is 0.672 bits per heavy atom. The van der Waals surface area contributed by atoms with E-state index in [1.165, 1.54) is 24.3 Å². The predicted octanol–water partition coefficient (Wildman–Crippen LogP) is 15.4. The van der Waals surface area contributed by atoms with Crippen LogP contribution in [-0.2, 0) is 0 Å². The molecule has 6 heteroatoms. The summed E-state index contributed by atoms with van der Waals surface area (Å²) in [5.74, 6) is 1.70. The highest BCUT2D eigenvalue weighted by molar-refractivity contribution is 6.28. The van der Waals surface area contributed by atoms with Crippen molar-refractivity contribution in [1.82, 2.24) is 0 Å². The van der Waals surface area contributed by atoms with Crippen LogP contribution in [0.5, 0.6) is 23.0 Å². The molecular formula is C52H34F2N2O2. The molecule has 0 aromatic heterocycles. The Morgan fingerprint density at radius 1 is 0.310 bits per heavy atom. The molecule has 0 radical (unpaired) electrons. The third-order valence-corrected chi connectivity index (χ3v) is 10.4. The van der Waals surface area contributed by atoms with Crippen LogP contribution >= 0.6 is 0 Å². The van der Waals surface area contributed by atoms with Gasteiger partial charge in [-0.15, -0.1) is 0 Å². The Morgan fingerprint density at radius 3 is 1.09 bits per heavy atom. The third-order valence-electron chi connectivity index (χ3n) is 10.4. The van der Waals surface area contributed by atoms with Crippen molar-refractivity contribution in [2.45, 2.75) is 0 Å². The molecule has 0 saturated heterocycles. The van der Waals surface area contributed by atoms with Gasteiger partial charge in [0.05, 0.1) is 22.7 Å². The monoisotopic (exact) mass is 756 g/mol. The van der Waals surface area contributed by atoms with Crippen molar-refractivity contribution in [3.05, 3.63) is 218 Å². The number of hydrogen-bond donors (Lipinski definition) is 0. The lowest BCUT2D eigenvalue weighted by Crippen LogP contribution is -2.12. The van der Waals surface area contributed by atoms with Crippen molar-refractivity contribution >= 4 is 66.4 Å². The summed E-state index contributed by atoms with van der Waals surface area (Å²) in [6, 6.07) is 66.0. The Balaban J connectivity index is 1.18. The molecule has 10 aromatic rings. The first-order chi connectivity index (χ1) is 28.6. The van der Waals surface area contributed by atoms with E-state index in [2.05, 4.69) is 82.6 Å². The van der Waals surface area contributed by atoms with E-state index in [-0.39, 0.29) is 11.6 Å². The minimum Gasteiger partial charge on any atom is -0.455 e. The van der Waals surface area contributed by atoms with Gasteiger partial charge in [-0.1, -0.05) is 97.1 Å². The minimum atomic E-state index is -0.322. The number of anilines is 6. The third kappa shape index (κ3) is 6.36. The summed E-state index contributed by atoms with van der Waals surface area (Å²) in [6.45, 7) is 0. The van der Waals surface area contributed by atoms with Gasteiger partial charge in [0.1, 0.15) is 23.1 Å². The average molecular weight is 757 g/mol. The zero-order valence-corrected chi connectivity index (χ0v) is 31.1. The van der Waals surface area contributed by atoms with Crippen LogP contribution < -0.4 is 19.3 Å². The molecule has 0 saturated carbocycles. The van der Waals surface area contributed by atoms with E-state index in [0.29, 0.717) is 23.0 Å². The van der Waals surface area contributed by atoms with Crippen LogP contribution in [-0.4, -0.2) is 0 Å². The number of halogens is 2. The van der Waals surface area contributed by atoms with Crippen LogP contribution in [0.3, 0.4) is 0 Å². The Bertz CT molecular complexity index is 2820. The molecule has 0 aliphatic carbocycles. The minimum absolute atomic E-state index is 0.322. The summed E-state index contributed by atoms with van der Waals surface area (Å²) in [5.41, 5.74) is 5.55. The van der Waals surface area contributed by atoms with Gasteiger partial charge in [-0.25, -0.2) is 8.78 Å². The zero-order valence-electron chi connectivity index (χ0n) is 31.1. The molecule has 58 heavy (non-hydrogen) atoms. The fraction of sp³-hybridized carbons (Fsp3) is 0. The molecule has 278 valence electrons. The van der Waals surface area contributed by atoms with E-state index in [4.69, 9.17) is 9.47 Å². The second kappa shape index (κ2) is 14.8. The summed E-state index contributed by atoms with van der Waals surface area (Å²) in [6.07, 6.45) is 0. The van der Waals surface area contributed by atoms with Gasteiger partial charge >= 0.3 is 0 Å². The van der Waals surface area contributed by atoms with E-state index in [1.54, 1.807) is 24.3 Å². The van der Waals surface area contributed by atoms with E-state index < -0.39 is 0 Å². The highest BCUT2D eigenvalue weighted by Gasteiger charge is 2.24. The molecule has 0 fully saturated rings. The van der Waals surface area contributed by atoms with E-state index in [9.17, 15) is 8.78 Å². The van der Waals surface area contributed by atoms with Crippen LogP contribution in [0.1, 0.15) is 0 Å². The maximum absolute atomic E-state index is 13.9. The van der Waals surface area contributed by atoms with Crippen LogP contribution in [0.2, 0.25) is 0 Å².